The van der Waals surface area contributed by atoms with Crippen molar-refractivity contribution in [3.05, 3.63) is 4.91 Å². The van der Waals surface area contributed by atoms with Crippen LogP contribution >= 0.6 is 0 Å². The van der Waals surface area contributed by atoms with E-state index in [0.717, 1.165) is 6.42 Å². The van der Waals surface area contributed by atoms with Crippen LogP contribution in [0.25, 0.3) is 0 Å². The van der Waals surface area contributed by atoms with Crippen molar-refractivity contribution in [2.24, 2.45) is 5.18 Å². The van der Waals surface area contributed by atoms with E-state index in [4.69, 9.17) is 0 Å². The summed E-state index contributed by atoms with van der Waals surface area (Å²) in [7, 11) is 0. The second kappa shape index (κ2) is 11.3. The fourth-order valence-electron chi connectivity index (χ4n) is 0.929. The van der Waals surface area contributed by atoms with E-state index in [-0.39, 0.29) is 0 Å². The molecule has 0 N–H and O–H groups in total. The molecule has 0 radical (unpaired) electrons. The number of hydrogen-bond donors (Lipinski definition) is 0. The van der Waals surface area contributed by atoms with Gasteiger partial charge in [-0.2, -0.15) is 0 Å². The zero-order valence-electron chi connectivity index (χ0n) is 7.89. The number of unbranched alkanes of at least 4 members (excludes halogenated alkanes) is 3. The number of rotatable bonds is 9. The van der Waals surface area contributed by atoms with Crippen molar-refractivity contribution >= 4 is 0 Å². The van der Waals surface area contributed by atoms with Crippen LogP contribution in [-0.4, -0.2) is 15.4 Å². The first-order chi connectivity index (χ1) is 5.91. The van der Waals surface area contributed by atoms with E-state index in [1.165, 1.54) is 34.5 Å². The van der Waals surface area contributed by atoms with Gasteiger partial charge in [0.1, 0.15) is 0 Å². The third kappa shape index (κ3) is 10.3. The van der Waals surface area contributed by atoms with Crippen LogP contribution in [-0.2, 0) is 0 Å². The Morgan fingerprint density at radius 1 is 1.08 bits per heavy atom. The summed E-state index contributed by atoms with van der Waals surface area (Å²) in [6.07, 6.45) is 6.56. The van der Waals surface area contributed by atoms with E-state index in [0.29, 0.717) is 27.7 Å². The van der Waals surface area contributed by atoms with Gasteiger partial charge in [0.25, 0.3) is 0 Å². The minimum atomic E-state index is 0.396. The number of alkyl halides is 2. The first-order valence-electron chi connectivity index (χ1n) is 4.74. The van der Waals surface area contributed by atoms with Crippen molar-refractivity contribution in [1.82, 2.24) is 0 Å². The molecule has 2 nitrogen and oxygen atoms in total. The third-order valence-corrected chi connectivity index (χ3v) is 4.69. The van der Waals surface area contributed by atoms with Gasteiger partial charge >= 0.3 is 85.7 Å². The summed E-state index contributed by atoms with van der Waals surface area (Å²) >= 11 is 0.396. The van der Waals surface area contributed by atoms with Gasteiger partial charge in [0.05, 0.1) is 0 Å². The zero-order chi connectivity index (χ0) is 9.07. The molecule has 0 rings (SSSR count). The molecule has 0 aliphatic carbocycles. The van der Waals surface area contributed by atoms with E-state index in [2.05, 4.69) is 12.1 Å². The van der Waals surface area contributed by atoms with Gasteiger partial charge in [0.15, 0.2) is 0 Å². The van der Waals surface area contributed by atoms with Gasteiger partial charge in [0.2, 0.25) is 0 Å². The van der Waals surface area contributed by atoms with Gasteiger partial charge in [-0.25, -0.2) is 0 Å². The predicted molar refractivity (Wildman–Crippen MR) is 49.2 cm³/mol. The minimum absolute atomic E-state index is 0.396. The van der Waals surface area contributed by atoms with E-state index in [1.54, 1.807) is 0 Å². The van der Waals surface area contributed by atoms with Crippen molar-refractivity contribution < 1.29 is 21.2 Å². The molecule has 0 unspecified atom stereocenters. The maximum atomic E-state index is 9.74. The number of nitrogens with zero attached hydrogens (tertiary/aromatic N) is 1. The molecule has 0 aliphatic rings. The molecule has 0 aromatic carbocycles. The number of nitroso groups, excluding NO2 is 1. The monoisotopic (exact) mass is 284 g/mol. The molecule has 0 bridgehead atoms. The molecule has 0 atom stereocenters. The van der Waals surface area contributed by atoms with Crippen LogP contribution < -0.4 is 21.2 Å². The molecule has 3 heteroatoms. The first-order valence-corrected chi connectivity index (χ1v) is 7.79. The molecule has 0 aliphatic heterocycles. The average molecular weight is 284 g/mol. The molecular weight excluding hydrogens is 265 g/mol. The van der Waals surface area contributed by atoms with Gasteiger partial charge in [-0.3, -0.25) is 0 Å². The summed E-state index contributed by atoms with van der Waals surface area (Å²) in [5, 5.41) is 2.85. The van der Waals surface area contributed by atoms with Gasteiger partial charge in [-0.05, 0) is 0 Å². The quantitative estimate of drug-likeness (QED) is 0.250. The molecule has 12 heavy (non-hydrogen) atoms. The summed E-state index contributed by atoms with van der Waals surface area (Å²) in [5.41, 5.74) is 0. The molecule has 0 fully saturated rings. The van der Waals surface area contributed by atoms with Crippen LogP contribution in [0.4, 0.5) is 0 Å². The summed E-state index contributed by atoms with van der Waals surface area (Å²) < 4.78 is 2.73. The Morgan fingerprint density at radius 2 is 1.83 bits per heavy atom. The van der Waals surface area contributed by atoms with Crippen molar-refractivity contribution in [2.75, 3.05) is 15.4 Å². The molecule has 0 spiro atoms. The van der Waals surface area contributed by atoms with Gasteiger partial charge in [-0.1, -0.05) is 0 Å². The average Bonchev–Trinajstić information content (AvgIpc) is 2.10. The Labute approximate surface area is 85.7 Å². The van der Waals surface area contributed by atoms with Crippen LogP contribution in [0.1, 0.15) is 39.0 Å². The second-order valence-electron chi connectivity index (χ2n) is 2.83. The predicted octanol–water partition coefficient (Wildman–Crippen LogP) is -0.188. The maximum absolute atomic E-state index is 9.74. The standard InChI is InChI=1S/C9H19INO/c1-2-3-4-5-7-10-8-6-9-11-12/h2-9H2,1H3/q-1. The van der Waals surface area contributed by atoms with Crippen molar-refractivity contribution in [3.63, 3.8) is 0 Å². The molecule has 0 heterocycles. The fourth-order valence-corrected chi connectivity index (χ4v) is 3.43. The SMILES string of the molecule is CCCCCC[I-]CCCN=O. The number of hydrogen-bond acceptors (Lipinski definition) is 2. The van der Waals surface area contributed by atoms with Gasteiger partial charge in [0, 0.05) is 0 Å². The van der Waals surface area contributed by atoms with Gasteiger partial charge < -0.3 is 0 Å². The zero-order valence-corrected chi connectivity index (χ0v) is 10.0. The van der Waals surface area contributed by atoms with Crippen LogP contribution in [0.5, 0.6) is 0 Å². The summed E-state index contributed by atoms with van der Waals surface area (Å²) in [4.78, 5) is 9.74. The van der Waals surface area contributed by atoms with E-state index >= 15 is 0 Å². The summed E-state index contributed by atoms with van der Waals surface area (Å²) in [5.74, 6) is 0. The molecule has 0 saturated heterocycles. The molecule has 74 valence electrons. The van der Waals surface area contributed by atoms with E-state index in [9.17, 15) is 4.91 Å². The van der Waals surface area contributed by atoms with Crippen molar-refractivity contribution in [2.45, 2.75) is 39.0 Å². The van der Waals surface area contributed by atoms with Crippen LogP contribution in [0.3, 0.4) is 0 Å². The normalized spacial score (nSPS) is 10.4. The molecular formula is C9H19INO-. The second-order valence-corrected chi connectivity index (χ2v) is 6.07. The van der Waals surface area contributed by atoms with Gasteiger partial charge in [-0.15, -0.1) is 0 Å². The molecule has 0 aromatic rings. The molecule has 0 aromatic heterocycles. The van der Waals surface area contributed by atoms with Crippen molar-refractivity contribution in [3.8, 4) is 0 Å². The Morgan fingerprint density at radius 3 is 2.50 bits per heavy atom. The van der Waals surface area contributed by atoms with E-state index < -0.39 is 0 Å². The van der Waals surface area contributed by atoms with E-state index in [1.807, 2.05) is 0 Å². The summed E-state index contributed by atoms with van der Waals surface area (Å²) in [6, 6.07) is 0. The van der Waals surface area contributed by atoms with Crippen LogP contribution in [0, 0.1) is 4.91 Å². The number of halogens is 1. The topological polar surface area (TPSA) is 29.4 Å². The third-order valence-electron chi connectivity index (χ3n) is 1.64. The Hall–Kier alpha value is 0.330. The van der Waals surface area contributed by atoms with Crippen LogP contribution in [0.2, 0.25) is 0 Å². The van der Waals surface area contributed by atoms with Crippen molar-refractivity contribution in [1.29, 1.82) is 0 Å². The van der Waals surface area contributed by atoms with Crippen LogP contribution in [0.15, 0.2) is 5.18 Å². The first kappa shape index (κ1) is 12.3. The molecule has 0 saturated carbocycles. The Balaban J connectivity index is 2.77. The molecule has 0 amide bonds. The fraction of sp³-hybridized carbons (Fsp3) is 1.00. The Kier molecular flexibility index (Phi) is 11.6. The Bertz CT molecular complexity index is 98.5. The summed E-state index contributed by atoms with van der Waals surface area (Å²) in [6.45, 7) is 2.78.